The normalized spacial score (nSPS) is 21.0. The van der Waals surface area contributed by atoms with Crippen molar-refractivity contribution in [3.05, 3.63) is 29.6 Å². The maximum absolute atomic E-state index is 14.2. The largest absolute Gasteiger partial charge is 0.491 e. The predicted molar refractivity (Wildman–Crippen MR) is 96.0 cm³/mol. The maximum Gasteiger partial charge on any atom is 0.389 e. The molecule has 0 amide bonds. The Morgan fingerprint density at radius 2 is 1.77 bits per heavy atom. The third-order valence-corrected chi connectivity index (χ3v) is 5.35. The lowest BCUT2D eigenvalue weighted by molar-refractivity contribution is -0.136. The molecule has 0 N–H and O–H groups in total. The Balaban J connectivity index is 1.78. The summed E-state index contributed by atoms with van der Waals surface area (Å²) in [5.74, 6) is 0.758. The van der Waals surface area contributed by atoms with Crippen LogP contribution in [0.4, 0.5) is 17.6 Å². The molecule has 1 aromatic carbocycles. The minimum Gasteiger partial charge on any atom is -0.491 e. The standard InChI is InChI=1S/C21H30F4O/c1-2-3-4-6-16-7-9-17(10-8-16)18-11-12-20(19(22)15-18)26-14-5-13-21(23,24)25/h11-12,15-17H,2-10,13-14H2,1H3. The van der Waals surface area contributed by atoms with E-state index in [0.29, 0.717) is 5.92 Å². The summed E-state index contributed by atoms with van der Waals surface area (Å²) in [7, 11) is 0. The van der Waals surface area contributed by atoms with E-state index in [9.17, 15) is 17.6 Å². The van der Waals surface area contributed by atoms with E-state index >= 15 is 0 Å². The van der Waals surface area contributed by atoms with Gasteiger partial charge in [0.2, 0.25) is 0 Å². The molecular formula is C21H30F4O. The first kappa shape index (κ1) is 21.0. The van der Waals surface area contributed by atoms with Gasteiger partial charge < -0.3 is 4.74 Å². The van der Waals surface area contributed by atoms with Crippen molar-refractivity contribution in [2.45, 2.75) is 83.2 Å². The fourth-order valence-electron chi connectivity index (χ4n) is 3.81. The first-order chi connectivity index (χ1) is 12.4. The first-order valence-electron chi connectivity index (χ1n) is 9.88. The fraction of sp³-hybridized carbons (Fsp3) is 0.714. The number of alkyl halides is 3. The third-order valence-electron chi connectivity index (χ3n) is 5.35. The van der Waals surface area contributed by atoms with E-state index in [0.717, 1.165) is 24.3 Å². The average Bonchev–Trinajstić information content (AvgIpc) is 2.60. The molecule has 0 heterocycles. The van der Waals surface area contributed by atoms with Crippen LogP contribution in [0.3, 0.4) is 0 Å². The Labute approximate surface area is 154 Å². The molecule has 1 aliphatic rings. The van der Waals surface area contributed by atoms with Crippen molar-refractivity contribution >= 4 is 0 Å². The maximum atomic E-state index is 14.2. The highest BCUT2D eigenvalue weighted by molar-refractivity contribution is 5.31. The highest BCUT2D eigenvalue weighted by Gasteiger charge is 2.26. The van der Waals surface area contributed by atoms with Crippen LogP contribution in [0.2, 0.25) is 0 Å². The van der Waals surface area contributed by atoms with Crippen molar-refractivity contribution in [2.24, 2.45) is 5.92 Å². The molecule has 2 rings (SSSR count). The van der Waals surface area contributed by atoms with Gasteiger partial charge in [-0.25, -0.2) is 4.39 Å². The van der Waals surface area contributed by atoms with Crippen LogP contribution in [0.5, 0.6) is 5.75 Å². The zero-order chi connectivity index (χ0) is 19.0. The Morgan fingerprint density at radius 1 is 1.04 bits per heavy atom. The summed E-state index contributed by atoms with van der Waals surface area (Å²) in [5.41, 5.74) is 0.983. The summed E-state index contributed by atoms with van der Waals surface area (Å²) in [6.45, 7) is 2.09. The number of benzene rings is 1. The molecule has 1 fully saturated rings. The monoisotopic (exact) mass is 374 g/mol. The molecule has 0 spiro atoms. The SMILES string of the molecule is CCCCCC1CCC(c2ccc(OCCCC(F)(F)F)c(F)c2)CC1. The summed E-state index contributed by atoms with van der Waals surface area (Å²) >= 11 is 0. The number of rotatable bonds is 9. The zero-order valence-corrected chi connectivity index (χ0v) is 15.6. The predicted octanol–water partition coefficient (Wildman–Crippen LogP) is 7.40. The van der Waals surface area contributed by atoms with Crippen LogP contribution < -0.4 is 4.74 Å². The van der Waals surface area contributed by atoms with Gasteiger partial charge in [-0.2, -0.15) is 13.2 Å². The van der Waals surface area contributed by atoms with Crippen LogP contribution in [-0.2, 0) is 0 Å². The number of halogens is 4. The van der Waals surface area contributed by atoms with Gasteiger partial charge in [0.05, 0.1) is 6.61 Å². The highest BCUT2D eigenvalue weighted by Crippen LogP contribution is 2.38. The van der Waals surface area contributed by atoms with E-state index in [2.05, 4.69) is 6.92 Å². The lowest BCUT2D eigenvalue weighted by Crippen LogP contribution is -2.14. The van der Waals surface area contributed by atoms with E-state index in [1.807, 2.05) is 6.07 Å². The minimum absolute atomic E-state index is 0.0455. The molecule has 0 saturated heterocycles. The molecule has 0 unspecified atom stereocenters. The van der Waals surface area contributed by atoms with Crippen LogP contribution in [-0.4, -0.2) is 12.8 Å². The van der Waals surface area contributed by atoms with Crippen molar-refractivity contribution in [2.75, 3.05) is 6.61 Å². The Kier molecular flexibility index (Phi) is 8.23. The number of ether oxygens (including phenoxy) is 1. The smallest absolute Gasteiger partial charge is 0.389 e. The van der Waals surface area contributed by atoms with Crippen molar-refractivity contribution in [3.8, 4) is 5.75 Å². The summed E-state index contributed by atoms with van der Waals surface area (Å²) in [4.78, 5) is 0. The molecule has 0 aromatic heterocycles. The van der Waals surface area contributed by atoms with Gasteiger partial charge >= 0.3 is 6.18 Å². The van der Waals surface area contributed by atoms with Gasteiger partial charge in [-0.3, -0.25) is 0 Å². The van der Waals surface area contributed by atoms with E-state index in [4.69, 9.17) is 4.74 Å². The van der Waals surface area contributed by atoms with Crippen LogP contribution in [0, 0.1) is 11.7 Å². The van der Waals surface area contributed by atoms with E-state index < -0.39 is 18.4 Å². The lowest BCUT2D eigenvalue weighted by atomic mass is 9.77. The summed E-state index contributed by atoms with van der Waals surface area (Å²) in [5, 5.41) is 0. The molecule has 5 heteroatoms. The molecule has 0 atom stereocenters. The van der Waals surface area contributed by atoms with Gasteiger partial charge in [-0.05, 0) is 61.6 Å². The molecule has 0 aliphatic heterocycles. The average molecular weight is 374 g/mol. The van der Waals surface area contributed by atoms with Crippen molar-refractivity contribution in [1.82, 2.24) is 0 Å². The zero-order valence-electron chi connectivity index (χ0n) is 15.6. The number of unbranched alkanes of at least 4 members (excludes halogenated alkanes) is 2. The van der Waals surface area contributed by atoms with Crippen molar-refractivity contribution < 1.29 is 22.3 Å². The van der Waals surface area contributed by atoms with E-state index in [1.54, 1.807) is 6.07 Å². The van der Waals surface area contributed by atoms with Crippen LogP contribution in [0.25, 0.3) is 0 Å². The van der Waals surface area contributed by atoms with Crippen LogP contribution >= 0.6 is 0 Å². The minimum atomic E-state index is -4.19. The Bertz CT molecular complexity index is 533. The summed E-state index contributed by atoms with van der Waals surface area (Å²) in [6.07, 6.45) is 4.47. The lowest BCUT2D eigenvalue weighted by Gasteiger charge is -2.29. The molecular weight excluding hydrogens is 344 g/mol. The molecule has 0 radical (unpaired) electrons. The van der Waals surface area contributed by atoms with Crippen LogP contribution in [0.15, 0.2) is 18.2 Å². The third kappa shape index (κ3) is 7.16. The quantitative estimate of drug-likeness (QED) is 0.323. The first-order valence-corrected chi connectivity index (χ1v) is 9.88. The second-order valence-corrected chi connectivity index (χ2v) is 7.47. The van der Waals surface area contributed by atoms with Crippen molar-refractivity contribution in [3.63, 3.8) is 0 Å². The van der Waals surface area contributed by atoms with Gasteiger partial charge in [-0.15, -0.1) is 0 Å². The van der Waals surface area contributed by atoms with Gasteiger partial charge in [-0.1, -0.05) is 38.7 Å². The summed E-state index contributed by atoms with van der Waals surface area (Å²) < 4.78 is 55.7. The van der Waals surface area contributed by atoms with Gasteiger partial charge in [0, 0.05) is 6.42 Å². The van der Waals surface area contributed by atoms with E-state index in [-0.39, 0.29) is 18.8 Å². The van der Waals surface area contributed by atoms with E-state index in [1.165, 1.54) is 44.6 Å². The molecule has 26 heavy (non-hydrogen) atoms. The Morgan fingerprint density at radius 3 is 2.38 bits per heavy atom. The molecule has 1 nitrogen and oxygen atoms in total. The topological polar surface area (TPSA) is 9.23 Å². The molecule has 1 saturated carbocycles. The molecule has 1 aliphatic carbocycles. The second kappa shape index (κ2) is 10.2. The Hall–Kier alpha value is -1.26. The molecule has 148 valence electrons. The summed E-state index contributed by atoms with van der Waals surface area (Å²) in [6, 6.07) is 4.93. The van der Waals surface area contributed by atoms with Crippen molar-refractivity contribution in [1.29, 1.82) is 0 Å². The fourth-order valence-corrected chi connectivity index (χ4v) is 3.81. The van der Waals surface area contributed by atoms with Gasteiger partial charge in [0.15, 0.2) is 11.6 Å². The second-order valence-electron chi connectivity index (χ2n) is 7.47. The van der Waals surface area contributed by atoms with Crippen LogP contribution in [0.1, 0.15) is 82.6 Å². The molecule has 1 aromatic rings. The van der Waals surface area contributed by atoms with Gasteiger partial charge in [0.25, 0.3) is 0 Å². The van der Waals surface area contributed by atoms with Gasteiger partial charge in [0.1, 0.15) is 0 Å². The highest BCUT2D eigenvalue weighted by atomic mass is 19.4. The molecule has 0 bridgehead atoms. The number of hydrogen-bond acceptors (Lipinski definition) is 1. The number of hydrogen-bond donors (Lipinski definition) is 0.